The van der Waals surface area contributed by atoms with Gasteiger partial charge in [0.15, 0.2) is 11.0 Å². The fourth-order valence-electron chi connectivity index (χ4n) is 4.36. The maximum atomic E-state index is 13.5. The van der Waals surface area contributed by atoms with E-state index in [1.54, 1.807) is 23.6 Å². The molecule has 2 aromatic rings. The van der Waals surface area contributed by atoms with E-state index < -0.39 is 24.7 Å². The number of benzene rings is 1. The van der Waals surface area contributed by atoms with Gasteiger partial charge in [-0.2, -0.15) is 13.2 Å². The van der Waals surface area contributed by atoms with Crippen molar-refractivity contribution in [1.82, 2.24) is 24.6 Å². The van der Waals surface area contributed by atoms with Crippen molar-refractivity contribution in [3.63, 3.8) is 0 Å². The number of thioether (sulfide) groups is 1. The fraction of sp³-hybridized carbons (Fsp3) is 0.609. The zero-order valence-electron chi connectivity index (χ0n) is 19.1. The maximum absolute atomic E-state index is 13.5. The summed E-state index contributed by atoms with van der Waals surface area (Å²) >= 11 is 1.06. The van der Waals surface area contributed by atoms with Gasteiger partial charge in [-0.05, 0) is 75.9 Å². The lowest BCUT2D eigenvalue weighted by atomic mass is 10.1. The van der Waals surface area contributed by atoms with Gasteiger partial charge in [0.1, 0.15) is 12.4 Å². The average molecular weight is 500 g/mol. The molecule has 1 saturated heterocycles. The number of rotatable bonds is 9. The number of hydrogen-bond donors (Lipinski definition) is 0. The van der Waals surface area contributed by atoms with Crippen molar-refractivity contribution in [2.45, 2.75) is 62.9 Å². The highest BCUT2D eigenvalue weighted by Gasteiger charge is 2.40. The van der Waals surface area contributed by atoms with E-state index in [4.69, 9.17) is 0 Å². The molecule has 1 aromatic carbocycles. The minimum absolute atomic E-state index is 0.121. The molecule has 2 fully saturated rings. The molecule has 0 unspecified atom stereocenters. The molecule has 4 rings (SSSR count). The Balaban J connectivity index is 1.53. The van der Waals surface area contributed by atoms with Crippen molar-refractivity contribution in [2.75, 3.05) is 25.4 Å². The molecular weight excluding hydrogens is 470 g/mol. The van der Waals surface area contributed by atoms with E-state index in [2.05, 4.69) is 15.1 Å². The summed E-state index contributed by atoms with van der Waals surface area (Å²) in [5.74, 6) is -0.364. The van der Waals surface area contributed by atoms with Crippen LogP contribution in [0.15, 0.2) is 29.4 Å². The van der Waals surface area contributed by atoms with E-state index in [1.807, 2.05) is 0 Å². The SMILES string of the molecule is C[C@H](C1CC1)N(CC(F)(F)F)C(=O)CSc1nnc(CN2CCCCC2)n1-c1ccc(F)cc1. The largest absolute Gasteiger partial charge is 0.406 e. The van der Waals surface area contributed by atoms with Crippen LogP contribution in [0.3, 0.4) is 0 Å². The molecule has 34 heavy (non-hydrogen) atoms. The first kappa shape index (κ1) is 25.0. The van der Waals surface area contributed by atoms with Crippen LogP contribution in [-0.4, -0.2) is 68.1 Å². The summed E-state index contributed by atoms with van der Waals surface area (Å²) < 4.78 is 54.8. The molecule has 1 atom stereocenters. The highest BCUT2D eigenvalue weighted by atomic mass is 32.2. The quantitative estimate of drug-likeness (QED) is 0.371. The first-order valence-electron chi connectivity index (χ1n) is 11.6. The molecule has 186 valence electrons. The summed E-state index contributed by atoms with van der Waals surface area (Å²) in [6.45, 7) is 2.88. The van der Waals surface area contributed by atoms with E-state index >= 15 is 0 Å². The molecule has 1 saturated carbocycles. The lowest BCUT2D eigenvalue weighted by Gasteiger charge is -2.30. The van der Waals surface area contributed by atoms with Gasteiger partial charge in [0.25, 0.3) is 0 Å². The molecule has 1 aliphatic carbocycles. The Morgan fingerprint density at radius 3 is 2.44 bits per heavy atom. The van der Waals surface area contributed by atoms with E-state index in [-0.39, 0.29) is 17.5 Å². The molecule has 0 radical (unpaired) electrons. The van der Waals surface area contributed by atoms with Crippen LogP contribution in [0.5, 0.6) is 0 Å². The summed E-state index contributed by atoms with van der Waals surface area (Å²) in [5, 5.41) is 8.96. The molecule has 0 bridgehead atoms. The van der Waals surface area contributed by atoms with Crippen molar-refractivity contribution in [2.24, 2.45) is 5.92 Å². The Bertz CT molecular complexity index is 971. The molecule has 6 nitrogen and oxygen atoms in total. The third-order valence-electron chi connectivity index (χ3n) is 6.39. The van der Waals surface area contributed by atoms with Crippen LogP contribution in [0, 0.1) is 11.7 Å². The molecule has 1 aliphatic heterocycles. The fourth-order valence-corrected chi connectivity index (χ4v) is 5.21. The van der Waals surface area contributed by atoms with Crippen LogP contribution in [-0.2, 0) is 11.3 Å². The summed E-state index contributed by atoms with van der Waals surface area (Å²) in [6.07, 6.45) is 0.630. The van der Waals surface area contributed by atoms with Crippen molar-refractivity contribution >= 4 is 17.7 Å². The second-order valence-corrected chi connectivity index (χ2v) is 9.99. The van der Waals surface area contributed by atoms with Crippen LogP contribution in [0.4, 0.5) is 17.6 Å². The average Bonchev–Trinajstić information content (AvgIpc) is 3.58. The van der Waals surface area contributed by atoms with E-state index in [0.29, 0.717) is 23.2 Å². The van der Waals surface area contributed by atoms with Crippen molar-refractivity contribution in [3.05, 3.63) is 35.9 Å². The topological polar surface area (TPSA) is 54.3 Å². The maximum Gasteiger partial charge on any atom is 0.406 e. The lowest BCUT2D eigenvalue weighted by Crippen LogP contribution is -2.46. The van der Waals surface area contributed by atoms with Crippen LogP contribution >= 0.6 is 11.8 Å². The van der Waals surface area contributed by atoms with Gasteiger partial charge >= 0.3 is 6.18 Å². The number of nitrogens with zero attached hydrogens (tertiary/aromatic N) is 5. The number of hydrogen-bond acceptors (Lipinski definition) is 5. The third kappa shape index (κ3) is 6.50. The monoisotopic (exact) mass is 499 g/mol. The standard InChI is InChI=1S/C23H29F4N5OS/c1-16(17-5-6-17)31(15-23(25,26)27)21(33)14-34-22-29-28-20(13-30-11-3-2-4-12-30)32(22)19-9-7-18(24)8-10-19/h7-10,16-17H,2-6,11-15H2,1H3/t16-/m1/s1. The number of alkyl halides is 3. The predicted molar refractivity (Wildman–Crippen MR) is 121 cm³/mol. The van der Waals surface area contributed by atoms with Gasteiger partial charge in [-0.1, -0.05) is 18.2 Å². The first-order chi connectivity index (χ1) is 16.2. The second-order valence-electron chi connectivity index (χ2n) is 9.05. The Hall–Kier alpha value is -2.14. The number of piperidine rings is 1. The molecule has 1 aromatic heterocycles. The number of carbonyl (C=O) groups excluding carboxylic acids is 1. The molecule has 1 amide bonds. The summed E-state index contributed by atoms with van der Waals surface area (Å²) in [6, 6.07) is 5.42. The Kier molecular flexibility index (Phi) is 7.81. The van der Waals surface area contributed by atoms with Gasteiger partial charge in [0.2, 0.25) is 5.91 Å². The van der Waals surface area contributed by atoms with E-state index in [0.717, 1.165) is 55.4 Å². The van der Waals surface area contributed by atoms with Crippen molar-refractivity contribution in [3.8, 4) is 5.69 Å². The molecule has 0 spiro atoms. The first-order valence-corrected chi connectivity index (χ1v) is 12.6. The number of halogens is 4. The summed E-state index contributed by atoms with van der Waals surface area (Å²) in [5.41, 5.74) is 0.645. The van der Waals surface area contributed by atoms with Gasteiger partial charge in [-0.25, -0.2) is 4.39 Å². The molecule has 11 heteroatoms. The second kappa shape index (κ2) is 10.6. The number of likely N-dealkylation sites (tertiary alicyclic amines) is 1. The number of amides is 1. The third-order valence-corrected chi connectivity index (χ3v) is 7.30. The van der Waals surface area contributed by atoms with Gasteiger partial charge < -0.3 is 4.90 Å². The van der Waals surface area contributed by atoms with Gasteiger partial charge in [0, 0.05) is 11.7 Å². The Morgan fingerprint density at radius 2 is 1.82 bits per heavy atom. The van der Waals surface area contributed by atoms with Crippen LogP contribution in [0.25, 0.3) is 5.69 Å². The lowest BCUT2D eigenvalue weighted by molar-refractivity contribution is -0.164. The van der Waals surface area contributed by atoms with Gasteiger partial charge in [-0.15, -0.1) is 10.2 Å². The molecule has 2 heterocycles. The Labute approximate surface area is 200 Å². The van der Waals surface area contributed by atoms with Crippen LogP contribution < -0.4 is 0 Å². The minimum Gasteiger partial charge on any atom is -0.330 e. The van der Waals surface area contributed by atoms with Crippen LogP contribution in [0.1, 0.15) is 44.9 Å². The van der Waals surface area contributed by atoms with E-state index in [9.17, 15) is 22.4 Å². The number of carbonyl (C=O) groups is 1. The van der Waals surface area contributed by atoms with E-state index in [1.165, 1.54) is 18.6 Å². The number of aromatic nitrogens is 3. The molecule has 2 aliphatic rings. The highest BCUT2D eigenvalue weighted by molar-refractivity contribution is 7.99. The highest BCUT2D eigenvalue weighted by Crippen LogP contribution is 2.36. The van der Waals surface area contributed by atoms with Gasteiger partial charge in [0.05, 0.1) is 12.3 Å². The van der Waals surface area contributed by atoms with Gasteiger partial charge in [-0.3, -0.25) is 14.3 Å². The normalized spacial score (nSPS) is 18.1. The smallest absolute Gasteiger partial charge is 0.330 e. The Morgan fingerprint density at radius 1 is 1.15 bits per heavy atom. The van der Waals surface area contributed by atoms with Crippen LogP contribution in [0.2, 0.25) is 0 Å². The van der Waals surface area contributed by atoms with Crippen molar-refractivity contribution in [1.29, 1.82) is 0 Å². The summed E-state index contributed by atoms with van der Waals surface area (Å²) in [7, 11) is 0. The summed E-state index contributed by atoms with van der Waals surface area (Å²) in [4.78, 5) is 16.1. The molecular formula is C23H29F4N5OS. The zero-order valence-corrected chi connectivity index (χ0v) is 19.9. The van der Waals surface area contributed by atoms with Crippen molar-refractivity contribution < 1.29 is 22.4 Å². The minimum atomic E-state index is -4.46. The zero-order chi connectivity index (χ0) is 24.3. The molecule has 0 N–H and O–H groups in total. The predicted octanol–water partition coefficient (Wildman–Crippen LogP) is 4.67.